The van der Waals surface area contributed by atoms with Crippen LogP contribution in [0, 0.1) is 0 Å². The topological polar surface area (TPSA) is 12.5 Å². The second-order valence-electron chi connectivity index (χ2n) is 2.65. The van der Waals surface area contributed by atoms with Crippen LogP contribution in [0.1, 0.15) is 0 Å². The molecule has 0 N–H and O–H groups in total. The molecule has 0 saturated carbocycles. The van der Waals surface area contributed by atoms with Crippen molar-refractivity contribution >= 4 is 0 Å². The second-order valence-corrected chi connectivity index (χ2v) is 6.01. The summed E-state index contributed by atoms with van der Waals surface area (Å²) in [5.41, 5.74) is 0. The van der Waals surface area contributed by atoms with Crippen molar-refractivity contribution in [1.29, 1.82) is 0 Å². The van der Waals surface area contributed by atoms with Crippen molar-refractivity contribution in [1.82, 2.24) is 4.90 Å². The molecule has 0 aromatic rings. The number of hydrogen-bond donors (Lipinski definition) is 0. The van der Waals surface area contributed by atoms with Crippen LogP contribution in [0.15, 0.2) is 0 Å². The molecule has 2 aliphatic heterocycles. The normalized spacial score (nSPS) is 35.1. The van der Waals surface area contributed by atoms with Crippen molar-refractivity contribution in [2.45, 2.75) is 3.42 Å². The molecule has 2 heterocycles. The average molecular weight is 226 g/mol. The Bertz CT molecular complexity index is 105. The van der Waals surface area contributed by atoms with Crippen LogP contribution in [0.25, 0.3) is 0 Å². The summed E-state index contributed by atoms with van der Waals surface area (Å²) in [6.07, 6.45) is 0. The van der Waals surface area contributed by atoms with Gasteiger partial charge in [-0.25, -0.2) is 0 Å². The van der Waals surface area contributed by atoms with Gasteiger partial charge in [0.2, 0.25) is 0 Å². The second kappa shape index (κ2) is 1.58. The molecule has 2 nitrogen and oxygen atoms in total. The van der Waals surface area contributed by atoms with E-state index in [1.165, 1.54) is 13.1 Å². The quantitative estimate of drug-likeness (QED) is 0.317. The minimum absolute atomic E-state index is 0.159. The molecule has 0 atom stereocenters. The van der Waals surface area contributed by atoms with Gasteiger partial charge in [-0.1, -0.05) is 0 Å². The van der Waals surface area contributed by atoms with E-state index >= 15 is 0 Å². The summed E-state index contributed by atoms with van der Waals surface area (Å²) < 4.78 is 5.94. The van der Waals surface area contributed by atoms with Crippen LogP contribution in [-0.2, 0) is 3.07 Å². The molecule has 0 aromatic carbocycles. The summed E-state index contributed by atoms with van der Waals surface area (Å²) >= 11 is 0.159. The molecular weight excluding hydrogens is 217 g/mol. The zero-order valence-electron chi connectivity index (χ0n) is 4.85. The van der Waals surface area contributed by atoms with Gasteiger partial charge < -0.3 is 0 Å². The van der Waals surface area contributed by atoms with E-state index in [9.17, 15) is 0 Å². The molecule has 3 heteroatoms. The summed E-state index contributed by atoms with van der Waals surface area (Å²) in [5, 5.41) is 0. The summed E-state index contributed by atoms with van der Waals surface area (Å²) in [5.74, 6) is 0. The van der Waals surface area contributed by atoms with Crippen molar-refractivity contribution in [3.63, 3.8) is 0 Å². The first-order chi connectivity index (χ1) is 3.81. The van der Waals surface area contributed by atoms with Crippen molar-refractivity contribution in [3.05, 3.63) is 0 Å². The van der Waals surface area contributed by atoms with Gasteiger partial charge in [0, 0.05) is 0 Å². The Kier molecular flexibility index (Phi) is 1.07. The van der Waals surface area contributed by atoms with Gasteiger partial charge >= 0.3 is 59.8 Å². The van der Waals surface area contributed by atoms with Crippen LogP contribution in [-0.4, -0.2) is 35.1 Å². The molecule has 0 aromatic heterocycles. The first-order valence-electron chi connectivity index (χ1n) is 2.77. The van der Waals surface area contributed by atoms with Gasteiger partial charge in [-0.05, 0) is 0 Å². The van der Waals surface area contributed by atoms with Crippen LogP contribution < -0.4 is 21.6 Å². The van der Waals surface area contributed by atoms with Crippen molar-refractivity contribution < 1.29 is 24.7 Å². The van der Waals surface area contributed by atoms with Crippen LogP contribution in [0.5, 0.6) is 0 Å². The van der Waals surface area contributed by atoms with E-state index in [0.29, 0.717) is 0 Å². The SMILES string of the molecule is CN1CC2(CO[I-]2)C1. The molecule has 0 unspecified atom stereocenters. The van der Waals surface area contributed by atoms with E-state index in [0.717, 1.165) is 10.0 Å². The van der Waals surface area contributed by atoms with E-state index in [4.69, 9.17) is 3.07 Å². The van der Waals surface area contributed by atoms with Gasteiger partial charge in [-0.3, -0.25) is 0 Å². The van der Waals surface area contributed by atoms with Gasteiger partial charge in [0.1, 0.15) is 0 Å². The predicted molar refractivity (Wildman–Crippen MR) is 26.2 cm³/mol. The number of halogens is 1. The van der Waals surface area contributed by atoms with Gasteiger partial charge in [0.05, 0.1) is 0 Å². The Labute approximate surface area is 60.0 Å². The fourth-order valence-electron chi connectivity index (χ4n) is 1.27. The Balaban J connectivity index is 1.92. The van der Waals surface area contributed by atoms with Gasteiger partial charge in [0.25, 0.3) is 0 Å². The van der Waals surface area contributed by atoms with Crippen LogP contribution in [0.4, 0.5) is 0 Å². The third-order valence-corrected chi connectivity index (χ3v) is 4.19. The molecule has 2 rings (SSSR count). The predicted octanol–water partition coefficient (Wildman–Crippen LogP) is -3.30. The summed E-state index contributed by atoms with van der Waals surface area (Å²) in [6, 6.07) is 0. The van der Waals surface area contributed by atoms with Gasteiger partial charge in [-0.2, -0.15) is 0 Å². The molecule has 2 saturated heterocycles. The van der Waals surface area contributed by atoms with Crippen molar-refractivity contribution in [3.8, 4) is 0 Å². The summed E-state index contributed by atoms with van der Waals surface area (Å²) in [7, 11) is 2.17. The average Bonchev–Trinajstić information content (AvgIpc) is 1.51. The maximum absolute atomic E-state index is 5.21. The van der Waals surface area contributed by atoms with Gasteiger partial charge in [0.15, 0.2) is 0 Å². The third kappa shape index (κ3) is 0.610. The Morgan fingerprint density at radius 2 is 2.25 bits per heavy atom. The monoisotopic (exact) mass is 226 g/mol. The van der Waals surface area contributed by atoms with E-state index in [-0.39, 0.29) is 21.6 Å². The number of alkyl halides is 1. The number of rotatable bonds is 0. The standard InChI is InChI=1S/C5H9INO/c1-7-2-5(3-7)4-8-6-5/h2-4H2,1H3/q-1. The molecular formula is C5H9INO-. The summed E-state index contributed by atoms with van der Waals surface area (Å²) in [4.78, 5) is 2.36. The Morgan fingerprint density at radius 3 is 2.38 bits per heavy atom. The zero-order chi connectivity index (χ0) is 5.61. The van der Waals surface area contributed by atoms with Gasteiger partial charge in [-0.15, -0.1) is 0 Å². The molecule has 0 radical (unpaired) electrons. The number of likely N-dealkylation sites (tertiary alicyclic amines) is 1. The van der Waals surface area contributed by atoms with E-state index in [1.807, 2.05) is 0 Å². The molecule has 0 bridgehead atoms. The van der Waals surface area contributed by atoms with E-state index in [2.05, 4.69) is 11.9 Å². The molecule has 2 aliphatic rings. The van der Waals surface area contributed by atoms with E-state index < -0.39 is 0 Å². The van der Waals surface area contributed by atoms with Crippen LogP contribution in [0.3, 0.4) is 0 Å². The minimum atomic E-state index is 0.159. The fourth-order valence-corrected chi connectivity index (χ4v) is 3.91. The first-order valence-corrected chi connectivity index (χ1v) is 4.73. The fraction of sp³-hybridized carbons (Fsp3) is 1.00. The molecule has 0 amide bonds. The van der Waals surface area contributed by atoms with Crippen molar-refractivity contribution in [2.75, 3.05) is 26.7 Å². The zero-order valence-corrected chi connectivity index (χ0v) is 7.01. The van der Waals surface area contributed by atoms with Crippen LogP contribution in [0.2, 0.25) is 0 Å². The van der Waals surface area contributed by atoms with E-state index in [1.54, 1.807) is 0 Å². The maximum atomic E-state index is 5.21. The molecule has 2 fully saturated rings. The number of nitrogens with zero attached hydrogens (tertiary/aromatic N) is 1. The van der Waals surface area contributed by atoms with Crippen molar-refractivity contribution in [2.24, 2.45) is 0 Å². The molecule has 0 aliphatic carbocycles. The molecule has 8 heavy (non-hydrogen) atoms. The molecule has 1 spiro atoms. The van der Waals surface area contributed by atoms with Crippen LogP contribution >= 0.6 is 0 Å². The third-order valence-electron chi connectivity index (χ3n) is 1.64. The Hall–Kier alpha value is 0.650. The summed E-state index contributed by atoms with van der Waals surface area (Å²) in [6.45, 7) is 3.67. The molecule has 48 valence electrons. The first kappa shape index (κ1) is 5.44. The number of hydrogen-bond acceptors (Lipinski definition) is 2. The Morgan fingerprint density at radius 1 is 1.62 bits per heavy atom.